The van der Waals surface area contributed by atoms with Crippen molar-refractivity contribution in [2.24, 2.45) is 0 Å². The van der Waals surface area contributed by atoms with Gasteiger partial charge in [0.05, 0.1) is 0 Å². The third kappa shape index (κ3) is 3.58. The molecule has 0 aliphatic rings. The van der Waals surface area contributed by atoms with E-state index in [4.69, 9.17) is 4.42 Å². The molecule has 2 N–H and O–H groups in total. The van der Waals surface area contributed by atoms with Crippen LogP contribution in [-0.2, 0) is 6.42 Å². The summed E-state index contributed by atoms with van der Waals surface area (Å²) in [6.07, 6.45) is 0.871. The molecular formula is C19H16N2O4. The average molecular weight is 336 g/mol. The first-order valence-corrected chi connectivity index (χ1v) is 7.81. The third-order valence-electron chi connectivity index (χ3n) is 3.80. The largest absolute Gasteiger partial charge is 0.422 e. The maximum absolute atomic E-state index is 12.2. The predicted molar refractivity (Wildman–Crippen MR) is 93.2 cm³/mol. The first-order valence-electron chi connectivity index (χ1n) is 7.81. The van der Waals surface area contributed by atoms with Crippen molar-refractivity contribution in [2.75, 3.05) is 0 Å². The zero-order chi connectivity index (χ0) is 17.8. The van der Waals surface area contributed by atoms with E-state index in [1.807, 2.05) is 19.1 Å². The molecule has 3 aromatic rings. The predicted octanol–water partition coefficient (Wildman–Crippen LogP) is 2.43. The molecule has 0 saturated carbocycles. The van der Waals surface area contributed by atoms with Crippen molar-refractivity contribution in [2.45, 2.75) is 13.3 Å². The molecular weight excluding hydrogens is 320 g/mol. The highest BCUT2D eigenvalue weighted by Crippen LogP contribution is 2.12. The van der Waals surface area contributed by atoms with Gasteiger partial charge in [0.25, 0.3) is 11.8 Å². The molecule has 0 fully saturated rings. The van der Waals surface area contributed by atoms with Crippen molar-refractivity contribution in [3.05, 3.63) is 81.7 Å². The summed E-state index contributed by atoms with van der Waals surface area (Å²) in [7, 11) is 0. The minimum Gasteiger partial charge on any atom is -0.422 e. The van der Waals surface area contributed by atoms with Crippen LogP contribution in [0.4, 0.5) is 0 Å². The standard InChI is InChI=1S/C19H16N2O4/c1-2-12-7-9-13(10-8-12)17(22)20-21-18(23)15-11-14-5-3-4-6-16(14)25-19(15)24/h3-11H,2H2,1H3,(H,20,22)(H,21,23). The maximum Gasteiger partial charge on any atom is 0.349 e. The fraction of sp³-hybridized carbons (Fsp3) is 0.105. The van der Waals surface area contributed by atoms with E-state index in [-0.39, 0.29) is 5.56 Å². The van der Waals surface area contributed by atoms with Crippen molar-refractivity contribution in [3.63, 3.8) is 0 Å². The second kappa shape index (κ2) is 7.00. The molecule has 0 spiro atoms. The number of nitrogens with one attached hydrogen (secondary N) is 2. The van der Waals surface area contributed by atoms with Crippen LogP contribution in [0.1, 0.15) is 33.2 Å². The molecule has 2 amide bonds. The van der Waals surface area contributed by atoms with Gasteiger partial charge in [0.1, 0.15) is 11.1 Å². The van der Waals surface area contributed by atoms with Gasteiger partial charge in [-0.25, -0.2) is 4.79 Å². The fourth-order valence-corrected chi connectivity index (χ4v) is 2.37. The van der Waals surface area contributed by atoms with Gasteiger partial charge in [-0.2, -0.15) is 0 Å². The molecule has 6 nitrogen and oxygen atoms in total. The SMILES string of the molecule is CCc1ccc(C(=O)NNC(=O)c2cc3ccccc3oc2=O)cc1. The molecule has 0 bridgehead atoms. The van der Waals surface area contributed by atoms with E-state index >= 15 is 0 Å². The molecule has 0 saturated heterocycles. The summed E-state index contributed by atoms with van der Waals surface area (Å²) >= 11 is 0. The number of para-hydroxylation sites is 1. The van der Waals surface area contributed by atoms with E-state index in [1.165, 1.54) is 6.07 Å². The summed E-state index contributed by atoms with van der Waals surface area (Å²) < 4.78 is 5.10. The minimum atomic E-state index is -0.766. The Labute approximate surface area is 143 Å². The van der Waals surface area contributed by atoms with E-state index in [2.05, 4.69) is 10.9 Å². The maximum atomic E-state index is 12.2. The number of carbonyl (C=O) groups excluding carboxylic acids is 2. The topological polar surface area (TPSA) is 88.4 Å². The highest BCUT2D eigenvalue weighted by Gasteiger charge is 2.14. The van der Waals surface area contributed by atoms with Crippen molar-refractivity contribution in [1.82, 2.24) is 10.9 Å². The fourth-order valence-electron chi connectivity index (χ4n) is 2.37. The van der Waals surface area contributed by atoms with Crippen LogP contribution >= 0.6 is 0 Å². The summed E-state index contributed by atoms with van der Waals surface area (Å²) in [5.74, 6) is -1.21. The van der Waals surface area contributed by atoms with Gasteiger partial charge in [-0.1, -0.05) is 37.3 Å². The smallest absolute Gasteiger partial charge is 0.349 e. The third-order valence-corrected chi connectivity index (χ3v) is 3.80. The van der Waals surface area contributed by atoms with Crippen LogP contribution in [0.5, 0.6) is 0 Å². The van der Waals surface area contributed by atoms with E-state index in [9.17, 15) is 14.4 Å². The Morgan fingerprint density at radius 3 is 2.36 bits per heavy atom. The van der Waals surface area contributed by atoms with Crippen LogP contribution in [-0.4, -0.2) is 11.8 Å². The number of aryl methyl sites for hydroxylation is 1. The van der Waals surface area contributed by atoms with Gasteiger partial charge in [0, 0.05) is 10.9 Å². The Bertz CT molecular complexity index is 990. The Hall–Kier alpha value is -3.41. The molecule has 0 aliphatic carbocycles. The van der Waals surface area contributed by atoms with Gasteiger partial charge in [0.15, 0.2) is 0 Å². The Morgan fingerprint density at radius 1 is 0.960 bits per heavy atom. The Morgan fingerprint density at radius 2 is 1.64 bits per heavy atom. The monoisotopic (exact) mass is 336 g/mol. The molecule has 0 aliphatic heterocycles. The number of hydrogen-bond acceptors (Lipinski definition) is 4. The molecule has 0 radical (unpaired) electrons. The number of carbonyl (C=O) groups is 2. The van der Waals surface area contributed by atoms with E-state index < -0.39 is 17.4 Å². The first-order chi connectivity index (χ1) is 12.1. The number of rotatable bonds is 3. The van der Waals surface area contributed by atoms with Crippen molar-refractivity contribution < 1.29 is 14.0 Å². The molecule has 1 aromatic heterocycles. The number of benzene rings is 2. The van der Waals surface area contributed by atoms with Crippen LogP contribution in [0.2, 0.25) is 0 Å². The summed E-state index contributed by atoms with van der Waals surface area (Å²) in [6.45, 7) is 2.02. The lowest BCUT2D eigenvalue weighted by atomic mass is 10.1. The molecule has 25 heavy (non-hydrogen) atoms. The van der Waals surface area contributed by atoms with Gasteiger partial charge < -0.3 is 4.42 Å². The molecule has 3 rings (SSSR count). The van der Waals surface area contributed by atoms with Crippen molar-refractivity contribution >= 4 is 22.8 Å². The van der Waals surface area contributed by atoms with Crippen molar-refractivity contribution in [1.29, 1.82) is 0 Å². The summed E-state index contributed by atoms with van der Waals surface area (Å²) in [4.78, 5) is 36.1. The lowest BCUT2D eigenvalue weighted by Gasteiger charge is -2.07. The lowest BCUT2D eigenvalue weighted by Crippen LogP contribution is -2.43. The van der Waals surface area contributed by atoms with Crippen LogP contribution < -0.4 is 16.5 Å². The summed E-state index contributed by atoms with van der Waals surface area (Å²) in [5, 5.41) is 0.619. The van der Waals surface area contributed by atoms with Gasteiger partial charge in [-0.05, 0) is 36.2 Å². The van der Waals surface area contributed by atoms with E-state index in [0.717, 1.165) is 12.0 Å². The number of hydrazine groups is 1. The number of amides is 2. The normalized spacial score (nSPS) is 10.4. The van der Waals surface area contributed by atoms with Gasteiger partial charge in [-0.3, -0.25) is 20.4 Å². The molecule has 6 heteroatoms. The second-order valence-electron chi connectivity index (χ2n) is 5.44. The zero-order valence-electron chi connectivity index (χ0n) is 13.5. The second-order valence-corrected chi connectivity index (χ2v) is 5.44. The summed E-state index contributed by atoms with van der Waals surface area (Å²) in [6, 6.07) is 15.3. The molecule has 0 atom stereocenters. The number of hydrogen-bond donors (Lipinski definition) is 2. The summed E-state index contributed by atoms with van der Waals surface area (Å²) in [5.41, 5.74) is 5.48. The molecule has 126 valence electrons. The number of fused-ring (bicyclic) bond motifs is 1. The quantitative estimate of drug-likeness (QED) is 0.568. The molecule has 2 aromatic carbocycles. The van der Waals surface area contributed by atoms with Crippen LogP contribution in [0, 0.1) is 0 Å². The zero-order valence-corrected chi connectivity index (χ0v) is 13.5. The van der Waals surface area contributed by atoms with Crippen LogP contribution in [0.25, 0.3) is 11.0 Å². The van der Waals surface area contributed by atoms with Crippen LogP contribution in [0.3, 0.4) is 0 Å². The van der Waals surface area contributed by atoms with Gasteiger partial charge >= 0.3 is 5.63 Å². The van der Waals surface area contributed by atoms with E-state index in [0.29, 0.717) is 16.5 Å². The first kappa shape index (κ1) is 16.4. The Balaban J connectivity index is 1.72. The molecule has 1 heterocycles. The van der Waals surface area contributed by atoms with Gasteiger partial charge in [0.2, 0.25) is 0 Å². The molecule has 0 unspecified atom stereocenters. The Kier molecular flexibility index (Phi) is 4.61. The van der Waals surface area contributed by atoms with Crippen molar-refractivity contribution in [3.8, 4) is 0 Å². The van der Waals surface area contributed by atoms with E-state index in [1.54, 1.807) is 36.4 Å². The minimum absolute atomic E-state index is 0.180. The average Bonchev–Trinajstić information content (AvgIpc) is 2.65. The van der Waals surface area contributed by atoms with Crippen LogP contribution in [0.15, 0.2) is 63.8 Å². The highest BCUT2D eigenvalue weighted by molar-refractivity contribution is 6.00. The lowest BCUT2D eigenvalue weighted by molar-refractivity contribution is 0.0844. The highest BCUT2D eigenvalue weighted by atomic mass is 16.4. The van der Waals surface area contributed by atoms with Gasteiger partial charge in [-0.15, -0.1) is 0 Å².